The van der Waals surface area contributed by atoms with Crippen molar-refractivity contribution in [2.24, 2.45) is 10.9 Å². The van der Waals surface area contributed by atoms with E-state index >= 15 is 0 Å². The van der Waals surface area contributed by atoms with Gasteiger partial charge in [-0.2, -0.15) is 0 Å². The van der Waals surface area contributed by atoms with Crippen LogP contribution in [0.2, 0.25) is 0 Å². The van der Waals surface area contributed by atoms with Crippen LogP contribution in [-0.4, -0.2) is 65.3 Å². The Labute approximate surface area is 155 Å². The normalized spacial score (nSPS) is 21.4. The molecule has 0 spiro atoms. The Balaban J connectivity index is 1.61. The monoisotopic (exact) mass is 356 g/mol. The minimum atomic E-state index is -0.971. The molecule has 26 heavy (non-hydrogen) atoms. The van der Waals surface area contributed by atoms with Crippen LogP contribution >= 0.6 is 0 Å². The van der Waals surface area contributed by atoms with E-state index in [9.17, 15) is 4.79 Å². The van der Waals surface area contributed by atoms with E-state index in [2.05, 4.69) is 26.5 Å². The van der Waals surface area contributed by atoms with Gasteiger partial charge in [0.2, 0.25) is 0 Å². The van der Waals surface area contributed by atoms with Crippen molar-refractivity contribution in [3.05, 3.63) is 35.8 Å². The molecule has 6 heteroatoms. The van der Waals surface area contributed by atoms with Crippen molar-refractivity contribution in [1.82, 2.24) is 14.8 Å². The lowest BCUT2D eigenvalue weighted by atomic mass is 9.79. The topological polar surface area (TPSA) is 69.0 Å². The van der Waals surface area contributed by atoms with Crippen LogP contribution in [0.4, 0.5) is 0 Å². The molecule has 0 bridgehead atoms. The first kappa shape index (κ1) is 18.6. The molecule has 0 radical (unpaired) electrons. The summed E-state index contributed by atoms with van der Waals surface area (Å²) in [7, 11) is 2.01. The Bertz CT molecular complexity index is 684. The van der Waals surface area contributed by atoms with Crippen LogP contribution in [0.1, 0.15) is 48.2 Å². The Hall–Kier alpha value is -2.21. The summed E-state index contributed by atoms with van der Waals surface area (Å²) in [4.78, 5) is 24.2. The third kappa shape index (κ3) is 4.30. The van der Waals surface area contributed by atoms with E-state index in [1.165, 1.54) is 57.0 Å². The number of hydrogen-bond acceptors (Lipinski definition) is 5. The fourth-order valence-corrected chi connectivity index (χ4v) is 3.94. The SMILES string of the molecule is C=N/C(=C\N(C)CCN1CCC[C@@H]1C1CCC1)c1cc(C(=O)O)ccn1. The van der Waals surface area contributed by atoms with Crippen LogP contribution in [0.15, 0.2) is 29.5 Å². The Kier molecular flexibility index (Phi) is 6.04. The maximum absolute atomic E-state index is 11.1. The van der Waals surface area contributed by atoms with Gasteiger partial charge in [-0.3, -0.25) is 14.9 Å². The van der Waals surface area contributed by atoms with Crippen molar-refractivity contribution in [1.29, 1.82) is 0 Å². The first-order chi connectivity index (χ1) is 12.6. The highest BCUT2D eigenvalue weighted by atomic mass is 16.4. The minimum absolute atomic E-state index is 0.201. The Morgan fingerprint density at radius 2 is 2.27 bits per heavy atom. The van der Waals surface area contributed by atoms with Gasteiger partial charge in [0.25, 0.3) is 0 Å². The number of carboxylic acids is 1. The van der Waals surface area contributed by atoms with E-state index in [0.29, 0.717) is 11.4 Å². The van der Waals surface area contributed by atoms with E-state index in [4.69, 9.17) is 5.11 Å². The number of carboxylic acid groups (broad SMARTS) is 1. The number of hydrogen-bond donors (Lipinski definition) is 1. The van der Waals surface area contributed by atoms with Crippen LogP contribution in [0.25, 0.3) is 5.70 Å². The number of likely N-dealkylation sites (N-methyl/N-ethyl adjacent to an activating group) is 1. The number of rotatable bonds is 8. The number of pyridine rings is 1. The van der Waals surface area contributed by atoms with Gasteiger partial charge in [-0.1, -0.05) is 6.42 Å². The van der Waals surface area contributed by atoms with Gasteiger partial charge in [0.05, 0.1) is 11.3 Å². The highest BCUT2D eigenvalue weighted by molar-refractivity contribution is 5.88. The van der Waals surface area contributed by atoms with Crippen LogP contribution in [0, 0.1) is 5.92 Å². The highest BCUT2D eigenvalue weighted by Crippen LogP contribution is 2.36. The fourth-order valence-electron chi connectivity index (χ4n) is 3.94. The van der Waals surface area contributed by atoms with Crippen LogP contribution in [0.3, 0.4) is 0 Å². The second kappa shape index (κ2) is 8.45. The number of aliphatic imine (C=N–C) groups is 1. The van der Waals surface area contributed by atoms with Crippen molar-refractivity contribution in [2.75, 3.05) is 26.7 Å². The maximum Gasteiger partial charge on any atom is 0.335 e. The van der Waals surface area contributed by atoms with Gasteiger partial charge in [0.1, 0.15) is 5.70 Å². The van der Waals surface area contributed by atoms with Crippen molar-refractivity contribution >= 4 is 18.4 Å². The summed E-state index contributed by atoms with van der Waals surface area (Å²) in [6.45, 7) is 6.76. The summed E-state index contributed by atoms with van der Waals surface area (Å²) < 4.78 is 0. The average molecular weight is 356 g/mol. The van der Waals surface area contributed by atoms with Gasteiger partial charge >= 0.3 is 5.97 Å². The molecule has 1 aromatic heterocycles. The largest absolute Gasteiger partial charge is 0.478 e. The zero-order chi connectivity index (χ0) is 18.5. The summed E-state index contributed by atoms with van der Waals surface area (Å²) in [6, 6.07) is 3.78. The predicted molar refractivity (Wildman–Crippen MR) is 103 cm³/mol. The molecule has 0 amide bonds. The molecule has 0 unspecified atom stereocenters. The molecule has 1 saturated carbocycles. The smallest absolute Gasteiger partial charge is 0.335 e. The fraction of sp³-hybridized carbons (Fsp3) is 0.550. The number of aromatic carboxylic acids is 1. The molecule has 1 atom stereocenters. The van der Waals surface area contributed by atoms with Crippen molar-refractivity contribution in [3.8, 4) is 0 Å². The van der Waals surface area contributed by atoms with Gasteiger partial charge in [-0.15, -0.1) is 0 Å². The molecule has 1 aliphatic carbocycles. The second-order valence-corrected chi connectivity index (χ2v) is 7.32. The van der Waals surface area contributed by atoms with Crippen molar-refractivity contribution in [3.63, 3.8) is 0 Å². The number of aromatic nitrogens is 1. The van der Waals surface area contributed by atoms with E-state index < -0.39 is 5.97 Å². The molecule has 0 aromatic carbocycles. The van der Waals surface area contributed by atoms with E-state index in [1.54, 1.807) is 0 Å². The van der Waals surface area contributed by atoms with Crippen LogP contribution in [0.5, 0.6) is 0 Å². The molecule has 2 fully saturated rings. The first-order valence-electron chi connectivity index (χ1n) is 9.41. The molecular weight excluding hydrogens is 328 g/mol. The lowest BCUT2D eigenvalue weighted by Crippen LogP contribution is -2.41. The lowest BCUT2D eigenvalue weighted by Gasteiger charge is -2.37. The van der Waals surface area contributed by atoms with E-state index in [1.807, 2.05) is 13.2 Å². The number of carbonyl (C=O) groups is 1. The summed E-state index contributed by atoms with van der Waals surface area (Å²) in [5, 5.41) is 9.14. The number of nitrogens with zero attached hydrogens (tertiary/aromatic N) is 4. The van der Waals surface area contributed by atoms with Gasteiger partial charge in [0, 0.05) is 38.6 Å². The summed E-state index contributed by atoms with van der Waals surface area (Å²) >= 11 is 0. The maximum atomic E-state index is 11.1. The minimum Gasteiger partial charge on any atom is -0.478 e. The molecule has 1 saturated heterocycles. The van der Waals surface area contributed by atoms with Gasteiger partial charge < -0.3 is 10.0 Å². The summed E-state index contributed by atoms with van der Waals surface area (Å²) in [6.07, 6.45) is 10.2. The third-order valence-electron chi connectivity index (χ3n) is 5.63. The molecule has 1 aromatic rings. The third-order valence-corrected chi connectivity index (χ3v) is 5.63. The molecule has 3 rings (SSSR count). The van der Waals surface area contributed by atoms with Crippen molar-refractivity contribution in [2.45, 2.75) is 38.1 Å². The Morgan fingerprint density at radius 1 is 1.46 bits per heavy atom. The standard InChI is InChI=1S/C20H28N4O2/c1-21-18(17-13-16(20(25)26)8-9-22-17)14-23(2)11-12-24-10-4-7-19(24)15-5-3-6-15/h8-9,13-15,19H,1,3-7,10-12H2,2H3,(H,25,26)/b18-14-/t19-/m1/s1. The van der Waals surface area contributed by atoms with Gasteiger partial charge in [-0.05, 0) is 57.0 Å². The molecule has 2 heterocycles. The summed E-state index contributed by atoms with van der Waals surface area (Å²) in [5.74, 6) is -0.0619. The van der Waals surface area contributed by atoms with E-state index in [0.717, 1.165) is 25.0 Å². The van der Waals surface area contributed by atoms with Crippen LogP contribution < -0.4 is 0 Å². The molecule has 140 valence electrons. The second-order valence-electron chi connectivity index (χ2n) is 7.32. The highest BCUT2D eigenvalue weighted by Gasteiger charge is 2.34. The summed E-state index contributed by atoms with van der Waals surface area (Å²) in [5.41, 5.74) is 1.32. The lowest BCUT2D eigenvalue weighted by molar-refractivity contribution is 0.0696. The predicted octanol–water partition coefficient (Wildman–Crippen LogP) is 2.98. The molecule has 2 aliphatic rings. The molecule has 1 aliphatic heterocycles. The number of likely N-dealkylation sites (tertiary alicyclic amines) is 1. The average Bonchev–Trinajstić information content (AvgIpc) is 3.04. The van der Waals surface area contributed by atoms with E-state index in [-0.39, 0.29) is 5.56 Å². The molecular formula is C20H28N4O2. The zero-order valence-electron chi connectivity index (χ0n) is 15.5. The molecule has 6 nitrogen and oxygen atoms in total. The van der Waals surface area contributed by atoms with Crippen molar-refractivity contribution < 1.29 is 9.90 Å². The molecule has 1 N–H and O–H groups in total. The first-order valence-corrected chi connectivity index (χ1v) is 9.41. The zero-order valence-corrected chi connectivity index (χ0v) is 15.5. The van der Waals surface area contributed by atoms with Crippen LogP contribution in [-0.2, 0) is 0 Å². The Morgan fingerprint density at radius 3 is 2.92 bits per heavy atom. The quantitative estimate of drug-likeness (QED) is 0.725. The van der Waals surface area contributed by atoms with Gasteiger partial charge in [0.15, 0.2) is 0 Å². The van der Waals surface area contributed by atoms with Gasteiger partial charge in [-0.25, -0.2) is 4.79 Å².